The predicted octanol–water partition coefficient (Wildman–Crippen LogP) is 2.58. The van der Waals surface area contributed by atoms with Gasteiger partial charge in [0.25, 0.3) is 0 Å². The van der Waals surface area contributed by atoms with Crippen LogP contribution < -0.4 is 0 Å². The van der Waals surface area contributed by atoms with E-state index in [-0.39, 0.29) is 17.4 Å². The summed E-state index contributed by atoms with van der Waals surface area (Å²) in [6.07, 6.45) is 2.74. The van der Waals surface area contributed by atoms with Gasteiger partial charge in [-0.15, -0.1) is 0 Å². The van der Waals surface area contributed by atoms with Crippen molar-refractivity contribution in [2.24, 2.45) is 11.3 Å². The number of rotatable bonds is 3. The number of hydrogen-bond acceptors (Lipinski definition) is 2. The maximum absolute atomic E-state index is 9.37. The molecule has 2 unspecified atom stereocenters. The molecule has 0 saturated heterocycles. The molecule has 1 aromatic heterocycles. The average Bonchev–Trinajstić information content (AvgIpc) is 2.60. The number of hydrogen-bond donors (Lipinski definition) is 1. The molecular formula is C12H18O2. The molecule has 1 saturated carbocycles. The lowest BCUT2D eigenvalue weighted by molar-refractivity contribution is 0.249. The molecule has 1 aliphatic carbocycles. The van der Waals surface area contributed by atoms with Gasteiger partial charge in [-0.25, -0.2) is 0 Å². The van der Waals surface area contributed by atoms with Gasteiger partial charge in [0.15, 0.2) is 0 Å². The Hall–Kier alpha value is -0.760. The molecule has 1 heterocycles. The molecule has 0 amide bonds. The van der Waals surface area contributed by atoms with Crippen LogP contribution >= 0.6 is 0 Å². The molecule has 0 radical (unpaired) electrons. The van der Waals surface area contributed by atoms with Gasteiger partial charge in [0, 0.05) is 17.9 Å². The molecule has 1 N–H and O–H groups in total. The number of aliphatic hydroxyl groups excluding tert-OH is 1. The van der Waals surface area contributed by atoms with Crippen LogP contribution in [-0.4, -0.2) is 11.7 Å². The molecule has 1 aliphatic rings. The highest BCUT2D eigenvalue weighted by molar-refractivity contribution is 5.34. The van der Waals surface area contributed by atoms with Crippen molar-refractivity contribution >= 4 is 0 Å². The topological polar surface area (TPSA) is 33.4 Å². The fourth-order valence-corrected chi connectivity index (χ4v) is 3.25. The third-order valence-electron chi connectivity index (χ3n) is 4.23. The second-order valence-corrected chi connectivity index (χ2v) is 4.76. The molecule has 2 nitrogen and oxygen atoms in total. The Balaban J connectivity index is 2.39. The van der Waals surface area contributed by atoms with Crippen molar-refractivity contribution in [1.29, 1.82) is 0 Å². The maximum atomic E-state index is 9.37. The molecule has 0 aromatic carbocycles. The lowest BCUT2D eigenvalue weighted by atomic mass is 9.90. The zero-order valence-electron chi connectivity index (χ0n) is 9.08. The smallest absolute Gasteiger partial charge is 0.110 e. The van der Waals surface area contributed by atoms with Crippen molar-refractivity contribution in [3.05, 3.63) is 24.2 Å². The van der Waals surface area contributed by atoms with E-state index < -0.39 is 0 Å². The van der Waals surface area contributed by atoms with Crippen LogP contribution in [0.1, 0.15) is 33.0 Å². The van der Waals surface area contributed by atoms with Crippen LogP contribution in [0.3, 0.4) is 0 Å². The molecule has 0 aliphatic heterocycles. The molecule has 14 heavy (non-hydrogen) atoms. The SMILES string of the molecule is CCC1(c2ccco2)C(CO)C1(C)C. The van der Waals surface area contributed by atoms with Gasteiger partial charge in [-0.1, -0.05) is 20.8 Å². The third kappa shape index (κ3) is 0.897. The van der Waals surface area contributed by atoms with E-state index in [9.17, 15) is 5.11 Å². The quantitative estimate of drug-likeness (QED) is 0.802. The lowest BCUT2D eigenvalue weighted by Gasteiger charge is -2.15. The second kappa shape index (κ2) is 2.86. The zero-order chi connectivity index (χ0) is 10.4. The van der Waals surface area contributed by atoms with Crippen molar-refractivity contribution in [2.45, 2.75) is 32.6 Å². The van der Waals surface area contributed by atoms with Gasteiger partial charge in [-0.2, -0.15) is 0 Å². The minimum Gasteiger partial charge on any atom is -0.469 e. The van der Waals surface area contributed by atoms with Crippen molar-refractivity contribution in [3.8, 4) is 0 Å². The van der Waals surface area contributed by atoms with E-state index in [1.807, 2.05) is 12.1 Å². The van der Waals surface area contributed by atoms with Crippen molar-refractivity contribution in [3.63, 3.8) is 0 Å². The standard InChI is InChI=1S/C12H18O2/c1-4-12(10-6-5-7-14-10)9(8-13)11(12,2)3/h5-7,9,13H,4,8H2,1-3H3. The van der Waals surface area contributed by atoms with E-state index in [4.69, 9.17) is 4.42 Å². The summed E-state index contributed by atoms with van der Waals surface area (Å²) in [5.41, 5.74) is 0.222. The Morgan fingerprint density at radius 3 is 2.57 bits per heavy atom. The van der Waals surface area contributed by atoms with Gasteiger partial charge in [-0.05, 0) is 24.0 Å². The molecule has 2 atom stereocenters. The van der Waals surface area contributed by atoms with Crippen LogP contribution in [0.5, 0.6) is 0 Å². The average molecular weight is 194 g/mol. The van der Waals surface area contributed by atoms with Crippen LogP contribution in [0.15, 0.2) is 22.8 Å². The first-order valence-corrected chi connectivity index (χ1v) is 5.26. The highest BCUT2D eigenvalue weighted by atomic mass is 16.3. The highest BCUT2D eigenvalue weighted by Crippen LogP contribution is 2.70. The van der Waals surface area contributed by atoms with Crippen LogP contribution in [0, 0.1) is 11.3 Å². The van der Waals surface area contributed by atoms with Gasteiger partial charge in [0.05, 0.1) is 6.26 Å². The predicted molar refractivity (Wildman–Crippen MR) is 55.0 cm³/mol. The summed E-state index contributed by atoms with van der Waals surface area (Å²) < 4.78 is 5.51. The molecule has 2 heteroatoms. The fourth-order valence-electron chi connectivity index (χ4n) is 3.25. The summed E-state index contributed by atoms with van der Waals surface area (Å²) in [6.45, 7) is 6.83. The Morgan fingerprint density at radius 1 is 1.50 bits per heavy atom. The van der Waals surface area contributed by atoms with Crippen LogP contribution in [-0.2, 0) is 5.41 Å². The summed E-state index contributed by atoms with van der Waals surface area (Å²) in [5, 5.41) is 9.37. The van der Waals surface area contributed by atoms with Crippen LogP contribution in [0.2, 0.25) is 0 Å². The van der Waals surface area contributed by atoms with Gasteiger partial charge < -0.3 is 9.52 Å². The minimum atomic E-state index is 0.0608. The largest absolute Gasteiger partial charge is 0.469 e. The second-order valence-electron chi connectivity index (χ2n) is 4.76. The fraction of sp³-hybridized carbons (Fsp3) is 0.667. The van der Waals surface area contributed by atoms with Crippen molar-refractivity contribution < 1.29 is 9.52 Å². The van der Waals surface area contributed by atoms with E-state index in [0.717, 1.165) is 12.2 Å². The molecular weight excluding hydrogens is 176 g/mol. The Morgan fingerprint density at radius 2 is 2.21 bits per heavy atom. The molecule has 2 rings (SSSR count). The summed E-state index contributed by atoms with van der Waals surface area (Å²) in [5.74, 6) is 1.37. The summed E-state index contributed by atoms with van der Waals surface area (Å²) >= 11 is 0. The maximum Gasteiger partial charge on any atom is 0.110 e. The van der Waals surface area contributed by atoms with Gasteiger partial charge in [-0.3, -0.25) is 0 Å². The number of furan rings is 1. The minimum absolute atomic E-state index is 0.0608. The Kier molecular flexibility index (Phi) is 2.00. The molecule has 1 fully saturated rings. The lowest BCUT2D eigenvalue weighted by Crippen LogP contribution is -2.13. The Labute approximate surface area is 84.9 Å². The Bertz CT molecular complexity index is 313. The molecule has 78 valence electrons. The van der Waals surface area contributed by atoms with Gasteiger partial charge in [0.2, 0.25) is 0 Å². The van der Waals surface area contributed by atoms with Gasteiger partial charge >= 0.3 is 0 Å². The van der Waals surface area contributed by atoms with E-state index in [1.165, 1.54) is 0 Å². The summed E-state index contributed by atoms with van der Waals surface area (Å²) in [4.78, 5) is 0. The van der Waals surface area contributed by atoms with Crippen molar-refractivity contribution in [2.75, 3.05) is 6.61 Å². The van der Waals surface area contributed by atoms with E-state index in [0.29, 0.717) is 5.92 Å². The van der Waals surface area contributed by atoms with E-state index >= 15 is 0 Å². The van der Waals surface area contributed by atoms with Crippen LogP contribution in [0.4, 0.5) is 0 Å². The van der Waals surface area contributed by atoms with Crippen LogP contribution in [0.25, 0.3) is 0 Å². The molecule has 0 bridgehead atoms. The summed E-state index contributed by atoms with van der Waals surface area (Å²) in [6, 6.07) is 3.95. The van der Waals surface area contributed by atoms with E-state index in [1.54, 1.807) is 6.26 Å². The molecule has 0 spiro atoms. The zero-order valence-corrected chi connectivity index (χ0v) is 9.08. The highest BCUT2D eigenvalue weighted by Gasteiger charge is 2.71. The number of aliphatic hydroxyl groups is 1. The monoisotopic (exact) mass is 194 g/mol. The third-order valence-corrected chi connectivity index (χ3v) is 4.23. The van der Waals surface area contributed by atoms with E-state index in [2.05, 4.69) is 20.8 Å². The first kappa shape index (κ1) is 9.78. The molecule has 1 aromatic rings. The first-order chi connectivity index (χ1) is 6.61. The van der Waals surface area contributed by atoms with Gasteiger partial charge in [0.1, 0.15) is 5.76 Å². The first-order valence-electron chi connectivity index (χ1n) is 5.26. The normalized spacial score (nSPS) is 34.4. The summed E-state index contributed by atoms with van der Waals surface area (Å²) in [7, 11) is 0. The van der Waals surface area contributed by atoms with Crippen molar-refractivity contribution in [1.82, 2.24) is 0 Å².